The molecule has 3 fully saturated rings. The van der Waals surface area contributed by atoms with Gasteiger partial charge in [0.05, 0.1) is 58.2 Å². The summed E-state index contributed by atoms with van der Waals surface area (Å²) in [6.45, 7) is 10.8. The van der Waals surface area contributed by atoms with E-state index in [1.807, 2.05) is 0 Å². The molecule has 4 aromatic rings. The zero-order valence-electron chi connectivity index (χ0n) is 27.5. The summed E-state index contributed by atoms with van der Waals surface area (Å²) in [5, 5.41) is 0.284. The molecule has 0 radical (unpaired) electrons. The number of ether oxygens (including phenoxy) is 3. The minimum absolute atomic E-state index is 0. The van der Waals surface area contributed by atoms with Crippen LogP contribution in [0.4, 0.5) is 14.5 Å². The number of anilines is 1. The molecule has 0 aliphatic carbocycles. The third-order valence-electron chi connectivity index (χ3n) is 9.51. The molecule has 0 N–H and O–H groups in total. The van der Waals surface area contributed by atoms with E-state index in [-0.39, 0.29) is 47.2 Å². The van der Waals surface area contributed by atoms with Gasteiger partial charge in [-0.3, -0.25) is 14.5 Å². The minimum Gasteiger partial charge on any atom is -1.00 e. The van der Waals surface area contributed by atoms with Crippen LogP contribution in [0.1, 0.15) is 30.1 Å². The number of amides is 1. The summed E-state index contributed by atoms with van der Waals surface area (Å²) in [6, 6.07) is 13.3. The number of benzene rings is 3. The normalized spacial score (nSPS) is 18.3. The number of aromatic nitrogens is 1. The van der Waals surface area contributed by atoms with E-state index < -0.39 is 23.0 Å². The quantitative estimate of drug-likeness (QED) is 0.125. The molecule has 3 aliphatic rings. The fourth-order valence-corrected chi connectivity index (χ4v) is 6.78. The van der Waals surface area contributed by atoms with Crippen LogP contribution in [0.3, 0.4) is 0 Å². The van der Waals surface area contributed by atoms with Crippen LogP contribution in [0, 0.1) is 11.6 Å². The van der Waals surface area contributed by atoms with Crippen molar-refractivity contribution >= 4 is 22.5 Å². The summed E-state index contributed by atoms with van der Waals surface area (Å²) in [5.41, 5.74) is 0.441. The molecular weight excluding hydrogens is 733 g/mol. The predicted molar refractivity (Wildman–Crippen MR) is 177 cm³/mol. The SMILES string of the molecule is CCN(C(=O)c1cn(-c2cc(OC)cc(OC)c2)c2cc(OCCCC[N+]34CCN(CC3)CC4)ccc2c1=O)c1cc(F)cc(F)c1.[I-]. The number of halogens is 3. The van der Waals surface area contributed by atoms with Crippen molar-refractivity contribution in [2.24, 2.45) is 0 Å². The zero-order valence-corrected chi connectivity index (χ0v) is 29.7. The largest absolute Gasteiger partial charge is 1.00 e. The van der Waals surface area contributed by atoms with Crippen molar-refractivity contribution < 1.29 is 56.2 Å². The molecule has 7 rings (SSSR count). The van der Waals surface area contributed by atoms with Crippen LogP contribution in [0.15, 0.2) is 65.6 Å². The summed E-state index contributed by atoms with van der Waals surface area (Å²) in [4.78, 5) is 31.5. The lowest BCUT2D eigenvalue weighted by Crippen LogP contribution is -3.00. The Labute approximate surface area is 296 Å². The standard InChI is InChI=1S/C36H41F2N4O5.HI/c1-4-40(27-18-25(37)17-26(38)19-27)36(44)33-24-41(28-20-30(45-2)22-31(21-28)46-3)34-23-29(7-8-32(34)35(33)43)47-16-6-5-12-42-13-9-39(10-14-42)11-15-42;/h7-8,17-24H,4-6,9-16H2,1-3H3;1H/q+1;/p-1. The van der Waals surface area contributed by atoms with Gasteiger partial charge in [-0.15, -0.1) is 0 Å². The topological polar surface area (TPSA) is 73.2 Å². The highest BCUT2D eigenvalue weighted by atomic mass is 127. The second-order valence-corrected chi connectivity index (χ2v) is 12.3. The van der Waals surface area contributed by atoms with Gasteiger partial charge in [-0.1, -0.05) is 0 Å². The molecule has 0 atom stereocenters. The van der Waals surface area contributed by atoms with Gasteiger partial charge in [0.1, 0.15) is 34.4 Å². The van der Waals surface area contributed by atoms with E-state index in [1.165, 1.54) is 75.6 Å². The first-order valence-corrected chi connectivity index (χ1v) is 16.1. The van der Waals surface area contributed by atoms with E-state index in [4.69, 9.17) is 14.2 Å². The predicted octanol–water partition coefficient (Wildman–Crippen LogP) is 2.26. The lowest BCUT2D eigenvalue weighted by atomic mass is 10.1. The number of fused-ring (bicyclic) bond motifs is 4. The summed E-state index contributed by atoms with van der Waals surface area (Å²) in [7, 11) is 3.08. The molecule has 1 aromatic heterocycles. The Morgan fingerprint density at radius 3 is 2.12 bits per heavy atom. The van der Waals surface area contributed by atoms with Gasteiger partial charge in [-0.2, -0.15) is 0 Å². The molecule has 9 nitrogen and oxygen atoms in total. The van der Waals surface area contributed by atoms with Gasteiger partial charge in [-0.05, 0) is 44.0 Å². The number of hydrogen-bond donors (Lipinski definition) is 0. The van der Waals surface area contributed by atoms with Crippen molar-refractivity contribution in [1.82, 2.24) is 9.47 Å². The molecule has 0 saturated carbocycles. The first-order valence-electron chi connectivity index (χ1n) is 16.1. The number of quaternary nitrogens is 1. The Bertz CT molecular complexity index is 1790. The van der Waals surface area contributed by atoms with E-state index in [0.717, 1.165) is 31.0 Å². The average Bonchev–Trinajstić information content (AvgIpc) is 3.08. The maximum Gasteiger partial charge on any atom is 0.263 e. The van der Waals surface area contributed by atoms with Crippen LogP contribution in [0.2, 0.25) is 0 Å². The molecule has 3 saturated heterocycles. The molecule has 12 heteroatoms. The van der Waals surface area contributed by atoms with Gasteiger partial charge in [0.15, 0.2) is 0 Å². The summed E-state index contributed by atoms with van der Waals surface area (Å²) in [5.74, 6) is -0.706. The van der Waals surface area contributed by atoms with Crippen LogP contribution in [0.25, 0.3) is 16.6 Å². The van der Waals surface area contributed by atoms with Crippen molar-refractivity contribution in [1.29, 1.82) is 0 Å². The first kappa shape index (κ1) is 35.6. The number of methoxy groups -OCH3 is 2. The third kappa shape index (κ3) is 7.45. The molecule has 3 aliphatic heterocycles. The van der Waals surface area contributed by atoms with Crippen molar-refractivity contribution in [3.63, 3.8) is 0 Å². The van der Waals surface area contributed by atoms with Gasteiger partial charge >= 0.3 is 0 Å². The van der Waals surface area contributed by atoms with Gasteiger partial charge in [0.25, 0.3) is 5.91 Å². The molecule has 48 heavy (non-hydrogen) atoms. The summed E-state index contributed by atoms with van der Waals surface area (Å²) in [6.07, 6.45) is 3.45. The van der Waals surface area contributed by atoms with E-state index in [9.17, 15) is 18.4 Å². The lowest BCUT2D eigenvalue weighted by Gasteiger charge is -2.50. The van der Waals surface area contributed by atoms with Gasteiger partial charge in [0, 0.05) is 73.8 Å². The maximum atomic E-state index is 14.1. The maximum absolute atomic E-state index is 14.1. The van der Waals surface area contributed by atoms with Gasteiger partial charge < -0.3 is 52.1 Å². The van der Waals surface area contributed by atoms with Crippen LogP contribution >= 0.6 is 0 Å². The second kappa shape index (κ2) is 15.2. The fraction of sp³-hybridized carbons (Fsp3) is 0.389. The Morgan fingerprint density at radius 1 is 0.875 bits per heavy atom. The van der Waals surface area contributed by atoms with Crippen LogP contribution < -0.4 is 48.5 Å². The number of piperazine rings is 3. The Morgan fingerprint density at radius 2 is 1.52 bits per heavy atom. The highest BCUT2D eigenvalue weighted by molar-refractivity contribution is 6.07. The van der Waals surface area contributed by atoms with Crippen LogP contribution in [-0.4, -0.2) is 93.0 Å². The molecular formula is C36H41F2IN4O5. The highest BCUT2D eigenvalue weighted by Crippen LogP contribution is 2.30. The van der Waals surface area contributed by atoms with Crippen molar-refractivity contribution in [2.45, 2.75) is 19.8 Å². The molecule has 4 heterocycles. The molecule has 256 valence electrons. The van der Waals surface area contributed by atoms with Crippen molar-refractivity contribution in [3.8, 4) is 22.9 Å². The monoisotopic (exact) mass is 774 g/mol. The molecule has 1 amide bonds. The average molecular weight is 775 g/mol. The number of nitrogens with zero attached hydrogens (tertiary/aromatic N) is 4. The number of unbranched alkanes of at least 4 members (excludes halogenated alkanes) is 1. The summed E-state index contributed by atoms with van der Waals surface area (Å²) >= 11 is 0. The highest BCUT2D eigenvalue weighted by Gasteiger charge is 2.37. The van der Waals surface area contributed by atoms with Gasteiger partial charge in [-0.25, -0.2) is 8.78 Å². The lowest BCUT2D eigenvalue weighted by molar-refractivity contribution is -0.941. The van der Waals surface area contributed by atoms with E-state index in [1.54, 1.807) is 47.9 Å². The minimum atomic E-state index is -0.823. The van der Waals surface area contributed by atoms with Crippen LogP contribution in [-0.2, 0) is 0 Å². The van der Waals surface area contributed by atoms with Crippen molar-refractivity contribution in [2.75, 3.05) is 78.1 Å². The number of carbonyl (C=O) groups is 1. The fourth-order valence-electron chi connectivity index (χ4n) is 6.78. The third-order valence-corrected chi connectivity index (χ3v) is 9.51. The Hall–Kier alpha value is -3.75. The number of hydrogen-bond acceptors (Lipinski definition) is 6. The number of carbonyl (C=O) groups excluding carboxylic acids is 1. The second-order valence-electron chi connectivity index (χ2n) is 12.3. The molecule has 2 bridgehead atoms. The Balaban J connectivity index is 0.00000451. The van der Waals surface area contributed by atoms with Crippen molar-refractivity contribution in [3.05, 3.63) is 88.2 Å². The van der Waals surface area contributed by atoms with E-state index >= 15 is 0 Å². The van der Waals surface area contributed by atoms with E-state index in [2.05, 4.69) is 4.90 Å². The molecule has 0 spiro atoms. The molecule has 0 unspecified atom stereocenters. The van der Waals surface area contributed by atoms with Gasteiger partial charge in [0.2, 0.25) is 5.43 Å². The van der Waals surface area contributed by atoms with Crippen LogP contribution in [0.5, 0.6) is 17.2 Å². The Kier molecular flexibility index (Phi) is 11.3. The van der Waals surface area contributed by atoms with E-state index in [0.29, 0.717) is 35.1 Å². The first-order chi connectivity index (χ1) is 22.7. The zero-order chi connectivity index (χ0) is 33.1. The smallest absolute Gasteiger partial charge is 0.263 e. The molecule has 3 aromatic carbocycles. The summed E-state index contributed by atoms with van der Waals surface area (Å²) < 4.78 is 48.3. The number of rotatable bonds is 12. The number of pyridine rings is 1.